The Hall–Kier alpha value is -3.08. The highest BCUT2D eigenvalue weighted by Gasteiger charge is 2.17. The fraction of sp³-hybridized carbons (Fsp3) is 0.238. The summed E-state index contributed by atoms with van der Waals surface area (Å²) in [4.78, 5) is 17.1. The molecule has 3 aromatic rings. The Kier molecular flexibility index (Phi) is 4.44. The van der Waals surface area contributed by atoms with Gasteiger partial charge in [0.2, 0.25) is 0 Å². The number of anilines is 1. The fourth-order valence-corrected chi connectivity index (χ4v) is 3.35. The zero-order valence-corrected chi connectivity index (χ0v) is 14.7. The maximum atomic E-state index is 12.6. The zero-order chi connectivity index (χ0) is 17.9. The third kappa shape index (κ3) is 3.08. The Bertz CT molecular complexity index is 929. The van der Waals surface area contributed by atoms with Crippen molar-refractivity contribution >= 4 is 11.6 Å². The van der Waals surface area contributed by atoms with Crippen LogP contribution < -0.4 is 10.1 Å². The Balaban J connectivity index is 1.52. The first-order chi connectivity index (χ1) is 12.8. The van der Waals surface area contributed by atoms with E-state index in [1.807, 2.05) is 55.6 Å². The number of hydrogen-bond donors (Lipinski definition) is 1. The van der Waals surface area contributed by atoms with Crippen molar-refractivity contribution < 1.29 is 9.53 Å². The van der Waals surface area contributed by atoms with E-state index >= 15 is 0 Å². The smallest absolute Gasteiger partial charge is 0.259 e. The molecule has 1 aliphatic rings. The lowest BCUT2D eigenvalue weighted by molar-refractivity contribution is 0.102. The predicted octanol–water partition coefficient (Wildman–Crippen LogP) is 4.15. The molecule has 0 atom stereocenters. The molecular formula is C21H21N3O2. The number of hydrogen-bond acceptors (Lipinski definition) is 3. The molecule has 0 fully saturated rings. The van der Waals surface area contributed by atoms with Crippen molar-refractivity contribution in [2.24, 2.45) is 0 Å². The van der Waals surface area contributed by atoms with Gasteiger partial charge in [-0.2, -0.15) is 0 Å². The number of rotatable bonds is 5. The molecule has 1 aromatic heterocycles. The Labute approximate surface area is 152 Å². The van der Waals surface area contributed by atoms with Gasteiger partial charge >= 0.3 is 0 Å². The molecular weight excluding hydrogens is 326 g/mol. The average molecular weight is 347 g/mol. The van der Waals surface area contributed by atoms with Crippen LogP contribution in [-0.4, -0.2) is 22.1 Å². The number of aryl methyl sites for hydroxylation is 1. The van der Waals surface area contributed by atoms with Crippen LogP contribution in [-0.2, 0) is 13.0 Å². The number of aromatic nitrogens is 2. The molecule has 0 saturated heterocycles. The van der Waals surface area contributed by atoms with E-state index in [2.05, 4.69) is 14.9 Å². The van der Waals surface area contributed by atoms with Gasteiger partial charge in [-0.05, 0) is 43.2 Å². The molecule has 132 valence electrons. The second-order valence-corrected chi connectivity index (χ2v) is 6.28. The highest BCUT2D eigenvalue weighted by Crippen LogP contribution is 2.27. The first-order valence-corrected chi connectivity index (χ1v) is 8.94. The number of para-hydroxylation sites is 1. The van der Waals surface area contributed by atoms with E-state index in [1.165, 1.54) is 0 Å². The predicted molar refractivity (Wildman–Crippen MR) is 102 cm³/mol. The molecule has 0 spiro atoms. The van der Waals surface area contributed by atoms with Gasteiger partial charge in [0.05, 0.1) is 24.1 Å². The van der Waals surface area contributed by atoms with Crippen molar-refractivity contribution in [3.63, 3.8) is 0 Å². The third-order valence-electron chi connectivity index (χ3n) is 4.59. The molecule has 2 heterocycles. The van der Waals surface area contributed by atoms with Crippen molar-refractivity contribution in [3.8, 4) is 17.0 Å². The number of nitrogens with one attached hydrogen (secondary N) is 1. The second-order valence-electron chi connectivity index (χ2n) is 6.28. The summed E-state index contributed by atoms with van der Waals surface area (Å²) in [6.07, 6.45) is 4.14. The standard InChI is InChI=1S/C21H21N3O2/c1-2-26-19-7-4-3-6-17(19)21(25)23-16-11-9-15(10-12-16)18-14-22-20-8-5-13-24(18)20/h3-4,6-7,9-12,14H,2,5,8,13H2,1H3,(H,23,25). The molecule has 1 N–H and O–H groups in total. The summed E-state index contributed by atoms with van der Waals surface area (Å²) >= 11 is 0. The zero-order valence-electron chi connectivity index (χ0n) is 14.7. The molecule has 0 unspecified atom stereocenters. The van der Waals surface area contributed by atoms with Crippen molar-refractivity contribution in [1.29, 1.82) is 0 Å². The molecule has 0 radical (unpaired) electrons. The number of amides is 1. The monoisotopic (exact) mass is 347 g/mol. The van der Waals surface area contributed by atoms with Crippen LogP contribution in [0.4, 0.5) is 5.69 Å². The van der Waals surface area contributed by atoms with E-state index < -0.39 is 0 Å². The summed E-state index contributed by atoms with van der Waals surface area (Å²) in [6.45, 7) is 3.45. The molecule has 5 nitrogen and oxygen atoms in total. The molecule has 0 saturated carbocycles. The van der Waals surface area contributed by atoms with E-state index in [0.717, 1.165) is 42.2 Å². The molecule has 5 heteroatoms. The first kappa shape index (κ1) is 16.4. The van der Waals surface area contributed by atoms with Crippen LogP contribution in [0.2, 0.25) is 0 Å². The van der Waals surface area contributed by atoms with Crippen LogP contribution in [0.25, 0.3) is 11.3 Å². The third-order valence-corrected chi connectivity index (χ3v) is 4.59. The molecule has 1 aliphatic heterocycles. The van der Waals surface area contributed by atoms with Gasteiger partial charge in [0.1, 0.15) is 11.6 Å². The second kappa shape index (κ2) is 7.04. The maximum absolute atomic E-state index is 12.6. The van der Waals surface area contributed by atoms with Gasteiger partial charge in [0.25, 0.3) is 5.91 Å². The number of fused-ring (bicyclic) bond motifs is 1. The van der Waals surface area contributed by atoms with E-state index in [9.17, 15) is 4.79 Å². The quantitative estimate of drug-likeness (QED) is 0.754. The van der Waals surface area contributed by atoms with E-state index in [4.69, 9.17) is 4.74 Å². The molecule has 4 rings (SSSR count). The topological polar surface area (TPSA) is 56.1 Å². The van der Waals surface area contributed by atoms with Crippen LogP contribution in [0.1, 0.15) is 29.5 Å². The number of carbonyl (C=O) groups is 1. The van der Waals surface area contributed by atoms with Crippen LogP contribution >= 0.6 is 0 Å². The lowest BCUT2D eigenvalue weighted by atomic mass is 10.1. The average Bonchev–Trinajstić information content (AvgIpc) is 3.27. The number of ether oxygens (including phenoxy) is 1. The Morgan fingerprint density at radius 2 is 2.00 bits per heavy atom. The number of carbonyl (C=O) groups excluding carboxylic acids is 1. The van der Waals surface area contributed by atoms with Crippen LogP contribution in [0.5, 0.6) is 5.75 Å². The molecule has 2 aromatic carbocycles. The normalized spacial score (nSPS) is 12.7. The van der Waals surface area contributed by atoms with Crippen molar-refractivity contribution in [2.45, 2.75) is 26.3 Å². The van der Waals surface area contributed by atoms with Gasteiger partial charge < -0.3 is 14.6 Å². The number of imidazole rings is 1. The summed E-state index contributed by atoms with van der Waals surface area (Å²) in [5, 5.41) is 2.94. The summed E-state index contributed by atoms with van der Waals surface area (Å²) < 4.78 is 7.81. The van der Waals surface area contributed by atoms with E-state index in [-0.39, 0.29) is 5.91 Å². The van der Waals surface area contributed by atoms with Crippen molar-refractivity contribution in [2.75, 3.05) is 11.9 Å². The lowest BCUT2D eigenvalue weighted by Gasteiger charge is -2.11. The first-order valence-electron chi connectivity index (χ1n) is 8.94. The van der Waals surface area contributed by atoms with E-state index in [0.29, 0.717) is 17.9 Å². The van der Waals surface area contributed by atoms with Gasteiger partial charge in [-0.25, -0.2) is 4.98 Å². The largest absolute Gasteiger partial charge is 0.493 e. The number of benzene rings is 2. The Morgan fingerprint density at radius 1 is 1.19 bits per heavy atom. The van der Waals surface area contributed by atoms with Gasteiger partial charge in [-0.15, -0.1) is 0 Å². The molecule has 26 heavy (non-hydrogen) atoms. The molecule has 0 aliphatic carbocycles. The molecule has 0 bridgehead atoms. The Morgan fingerprint density at radius 3 is 2.81 bits per heavy atom. The van der Waals surface area contributed by atoms with Crippen molar-refractivity contribution in [1.82, 2.24) is 9.55 Å². The van der Waals surface area contributed by atoms with Gasteiger partial charge in [0.15, 0.2) is 0 Å². The summed E-state index contributed by atoms with van der Waals surface area (Å²) in [5.74, 6) is 1.58. The maximum Gasteiger partial charge on any atom is 0.259 e. The summed E-state index contributed by atoms with van der Waals surface area (Å²) in [5.41, 5.74) is 3.54. The minimum atomic E-state index is -0.174. The summed E-state index contributed by atoms with van der Waals surface area (Å²) in [6, 6.07) is 15.2. The van der Waals surface area contributed by atoms with E-state index in [1.54, 1.807) is 6.07 Å². The highest BCUT2D eigenvalue weighted by atomic mass is 16.5. The van der Waals surface area contributed by atoms with Gasteiger partial charge in [0, 0.05) is 18.7 Å². The van der Waals surface area contributed by atoms with Crippen LogP contribution in [0.3, 0.4) is 0 Å². The highest BCUT2D eigenvalue weighted by molar-refractivity contribution is 6.06. The minimum Gasteiger partial charge on any atom is -0.493 e. The van der Waals surface area contributed by atoms with Crippen molar-refractivity contribution in [3.05, 3.63) is 66.1 Å². The minimum absolute atomic E-state index is 0.174. The van der Waals surface area contributed by atoms with Crippen LogP contribution in [0.15, 0.2) is 54.7 Å². The van der Waals surface area contributed by atoms with Gasteiger partial charge in [-0.3, -0.25) is 4.79 Å². The number of nitrogens with zero attached hydrogens (tertiary/aromatic N) is 2. The SMILES string of the molecule is CCOc1ccccc1C(=O)Nc1ccc(-c2cnc3n2CCC3)cc1. The fourth-order valence-electron chi connectivity index (χ4n) is 3.35. The van der Waals surface area contributed by atoms with Gasteiger partial charge in [-0.1, -0.05) is 24.3 Å². The van der Waals surface area contributed by atoms with Crippen LogP contribution in [0, 0.1) is 0 Å². The lowest BCUT2D eigenvalue weighted by Crippen LogP contribution is -2.13. The summed E-state index contributed by atoms with van der Waals surface area (Å²) in [7, 11) is 0. The molecule has 1 amide bonds.